The number of hydrogen-bond donors (Lipinski definition) is 4. The van der Waals surface area contributed by atoms with E-state index in [2.05, 4.69) is 24.5 Å². The van der Waals surface area contributed by atoms with Gasteiger partial charge in [-0.15, -0.1) is 0 Å². The van der Waals surface area contributed by atoms with Crippen molar-refractivity contribution < 1.29 is 9.90 Å². The molecule has 0 fully saturated rings. The highest BCUT2D eigenvalue weighted by molar-refractivity contribution is 5.95. The Morgan fingerprint density at radius 3 is 2.80 bits per heavy atom. The molecule has 0 spiro atoms. The molecule has 0 radical (unpaired) electrons. The molecule has 20 heavy (non-hydrogen) atoms. The van der Waals surface area contributed by atoms with Crippen molar-refractivity contribution in [3.05, 3.63) is 17.7 Å². The van der Waals surface area contributed by atoms with E-state index >= 15 is 0 Å². The first-order chi connectivity index (χ1) is 9.51. The molecule has 1 aromatic carbocycles. The maximum atomic E-state index is 11.5. The molecule has 1 unspecified atom stereocenters. The Labute approximate surface area is 119 Å². The van der Waals surface area contributed by atoms with Gasteiger partial charge in [0.15, 0.2) is 0 Å². The molecule has 0 aromatic heterocycles. The molecular formula is C15H23N3O2. The van der Waals surface area contributed by atoms with E-state index in [1.54, 1.807) is 0 Å². The minimum absolute atomic E-state index is 0.0454. The predicted molar refractivity (Wildman–Crippen MR) is 81.8 cm³/mol. The summed E-state index contributed by atoms with van der Waals surface area (Å²) in [5, 5.41) is 15.4. The molecule has 1 aliphatic heterocycles. The Bertz CT molecular complexity index is 500. The summed E-state index contributed by atoms with van der Waals surface area (Å²) in [6.07, 6.45) is 1.91. The van der Waals surface area contributed by atoms with Gasteiger partial charge < -0.3 is 21.5 Å². The normalized spacial score (nSPS) is 15.7. The van der Waals surface area contributed by atoms with E-state index in [-0.39, 0.29) is 18.6 Å². The van der Waals surface area contributed by atoms with E-state index in [0.717, 1.165) is 23.4 Å². The summed E-state index contributed by atoms with van der Waals surface area (Å²) in [6, 6.07) is 3.97. The van der Waals surface area contributed by atoms with Gasteiger partial charge in [-0.2, -0.15) is 0 Å². The van der Waals surface area contributed by atoms with Gasteiger partial charge in [-0.05, 0) is 36.5 Å². The number of aliphatic hydroxyl groups excluding tert-OH is 1. The van der Waals surface area contributed by atoms with Crippen molar-refractivity contribution in [2.24, 2.45) is 5.92 Å². The Hall–Kier alpha value is -1.75. The van der Waals surface area contributed by atoms with Crippen LogP contribution in [0.2, 0.25) is 0 Å². The van der Waals surface area contributed by atoms with Crippen LogP contribution in [0.5, 0.6) is 0 Å². The lowest BCUT2D eigenvalue weighted by atomic mass is 9.98. The number of nitrogens with one attached hydrogen (secondary N) is 2. The number of anilines is 3. The van der Waals surface area contributed by atoms with E-state index in [9.17, 15) is 4.79 Å². The number of fused-ring (bicyclic) bond motifs is 1. The fourth-order valence-electron chi connectivity index (χ4n) is 2.48. The molecule has 0 saturated carbocycles. The van der Waals surface area contributed by atoms with Crippen LogP contribution in [0.25, 0.3) is 0 Å². The van der Waals surface area contributed by atoms with Crippen LogP contribution in [0, 0.1) is 5.92 Å². The van der Waals surface area contributed by atoms with Gasteiger partial charge in [-0.25, -0.2) is 0 Å². The SMILES string of the molecule is CC(C)C(CCO)Nc1cc2c(cc1N)CCC(=O)N2. The van der Waals surface area contributed by atoms with Crippen molar-refractivity contribution in [2.45, 2.75) is 39.2 Å². The van der Waals surface area contributed by atoms with Gasteiger partial charge in [0.25, 0.3) is 0 Å². The van der Waals surface area contributed by atoms with Crippen molar-refractivity contribution in [3.63, 3.8) is 0 Å². The number of aryl methyl sites for hydroxylation is 1. The molecule has 1 atom stereocenters. The van der Waals surface area contributed by atoms with E-state index in [1.807, 2.05) is 12.1 Å². The number of nitrogens with two attached hydrogens (primary N) is 1. The molecule has 0 bridgehead atoms. The smallest absolute Gasteiger partial charge is 0.224 e. The third-order valence-electron chi connectivity index (χ3n) is 3.76. The lowest BCUT2D eigenvalue weighted by Gasteiger charge is -2.25. The molecule has 1 aromatic rings. The van der Waals surface area contributed by atoms with Gasteiger partial charge in [0.05, 0.1) is 11.4 Å². The molecule has 1 heterocycles. The van der Waals surface area contributed by atoms with Crippen molar-refractivity contribution in [1.29, 1.82) is 0 Å². The minimum atomic E-state index is 0.0454. The predicted octanol–water partition coefficient (Wildman–Crippen LogP) is 1.97. The number of carbonyl (C=O) groups is 1. The fourth-order valence-corrected chi connectivity index (χ4v) is 2.48. The highest BCUT2D eigenvalue weighted by Crippen LogP contribution is 2.32. The van der Waals surface area contributed by atoms with Crippen LogP contribution < -0.4 is 16.4 Å². The summed E-state index contributed by atoms with van der Waals surface area (Å²) < 4.78 is 0. The molecule has 2 rings (SSSR count). The largest absolute Gasteiger partial charge is 0.397 e. The quantitative estimate of drug-likeness (QED) is 0.620. The first-order valence-electron chi connectivity index (χ1n) is 7.11. The summed E-state index contributed by atoms with van der Waals surface area (Å²) in [7, 11) is 0. The van der Waals surface area contributed by atoms with Gasteiger partial charge in [0.1, 0.15) is 0 Å². The van der Waals surface area contributed by atoms with Gasteiger partial charge in [-0.3, -0.25) is 4.79 Å². The van der Waals surface area contributed by atoms with E-state index < -0.39 is 0 Å². The molecule has 0 saturated heterocycles. The lowest BCUT2D eigenvalue weighted by molar-refractivity contribution is -0.116. The first-order valence-corrected chi connectivity index (χ1v) is 7.11. The van der Waals surface area contributed by atoms with Gasteiger partial charge in [-0.1, -0.05) is 13.8 Å². The minimum Gasteiger partial charge on any atom is -0.397 e. The van der Waals surface area contributed by atoms with Crippen molar-refractivity contribution in [1.82, 2.24) is 0 Å². The third kappa shape index (κ3) is 3.22. The topological polar surface area (TPSA) is 87.4 Å². The highest BCUT2D eigenvalue weighted by atomic mass is 16.3. The molecule has 1 aliphatic rings. The monoisotopic (exact) mass is 277 g/mol. The lowest BCUT2D eigenvalue weighted by Crippen LogP contribution is -2.27. The van der Waals surface area contributed by atoms with Crippen LogP contribution in [0.4, 0.5) is 17.1 Å². The molecule has 5 heteroatoms. The zero-order valence-corrected chi connectivity index (χ0v) is 12.1. The van der Waals surface area contributed by atoms with Crippen LogP contribution >= 0.6 is 0 Å². The van der Waals surface area contributed by atoms with Crippen LogP contribution in [0.3, 0.4) is 0 Å². The zero-order chi connectivity index (χ0) is 14.7. The van der Waals surface area contributed by atoms with Gasteiger partial charge in [0, 0.05) is 24.8 Å². The number of nitrogen functional groups attached to an aromatic ring is 1. The maximum absolute atomic E-state index is 11.5. The zero-order valence-electron chi connectivity index (χ0n) is 12.1. The second-order valence-corrected chi connectivity index (χ2v) is 5.65. The summed E-state index contributed by atoms with van der Waals surface area (Å²) in [6.45, 7) is 4.34. The molecule has 110 valence electrons. The number of benzene rings is 1. The van der Waals surface area contributed by atoms with E-state index in [4.69, 9.17) is 10.8 Å². The van der Waals surface area contributed by atoms with Crippen LogP contribution in [-0.4, -0.2) is 23.7 Å². The Balaban J connectivity index is 2.23. The summed E-state index contributed by atoms with van der Waals surface area (Å²) in [5.41, 5.74) is 9.50. The fraction of sp³-hybridized carbons (Fsp3) is 0.533. The highest BCUT2D eigenvalue weighted by Gasteiger charge is 2.19. The summed E-state index contributed by atoms with van der Waals surface area (Å²) in [5.74, 6) is 0.427. The summed E-state index contributed by atoms with van der Waals surface area (Å²) in [4.78, 5) is 11.5. The maximum Gasteiger partial charge on any atom is 0.224 e. The third-order valence-corrected chi connectivity index (χ3v) is 3.76. The molecule has 1 amide bonds. The van der Waals surface area contributed by atoms with Crippen LogP contribution in [0.15, 0.2) is 12.1 Å². The number of carbonyl (C=O) groups excluding carboxylic acids is 1. The van der Waals surface area contributed by atoms with E-state index in [0.29, 0.717) is 24.4 Å². The number of rotatable bonds is 5. The second kappa shape index (κ2) is 6.13. The second-order valence-electron chi connectivity index (χ2n) is 5.65. The van der Waals surface area contributed by atoms with E-state index in [1.165, 1.54) is 0 Å². The van der Waals surface area contributed by atoms with Crippen molar-refractivity contribution >= 4 is 23.0 Å². The molecule has 5 nitrogen and oxygen atoms in total. The van der Waals surface area contributed by atoms with Crippen molar-refractivity contribution in [2.75, 3.05) is 23.0 Å². The van der Waals surface area contributed by atoms with Crippen LogP contribution in [0.1, 0.15) is 32.3 Å². The van der Waals surface area contributed by atoms with Crippen LogP contribution in [-0.2, 0) is 11.2 Å². The number of hydrogen-bond acceptors (Lipinski definition) is 4. The number of amides is 1. The first kappa shape index (κ1) is 14.7. The number of aliphatic hydroxyl groups is 1. The van der Waals surface area contributed by atoms with Crippen molar-refractivity contribution in [3.8, 4) is 0 Å². The summed E-state index contributed by atoms with van der Waals surface area (Å²) >= 11 is 0. The average molecular weight is 277 g/mol. The van der Waals surface area contributed by atoms with Gasteiger partial charge >= 0.3 is 0 Å². The standard InChI is InChI=1S/C15H23N3O2/c1-9(2)12(5-6-19)17-14-8-13-10(7-11(14)16)3-4-15(20)18-13/h7-9,12,17,19H,3-6,16H2,1-2H3,(H,18,20). The molecule has 0 aliphatic carbocycles. The molecular weight excluding hydrogens is 254 g/mol. The van der Waals surface area contributed by atoms with Gasteiger partial charge in [0.2, 0.25) is 5.91 Å². The average Bonchev–Trinajstić information content (AvgIpc) is 2.39. The molecule has 5 N–H and O–H groups in total. The Morgan fingerprint density at radius 2 is 2.15 bits per heavy atom. The Morgan fingerprint density at radius 1 is 1.40 bits per heavy atom. The Kier molecular flexibility index (Phi) is 4.49.